The molecule has 0 spiro atoms. The second-order valence-corrected chi connectivity index (χ2v) is 14.8. The molecule has 4 N–H and O–H groups in total. The summed E-state index contributed by atoms with van der Waals surface area (Å²) in [6.45, 7) is 4.40. The molecule has 1 aliphatic heterocycles. The average Bonchev–Trinajstić information content (AvgIpc) is 3.17. The molecule has 0 aromatic carbocycles. The average molecular weight is 765 g/mol. The number of allylic oxidation sites excluding steroid dienone is 8. The first-order valence-corrected chi connectivity index (χ1v) is 21.7. The molecule has 0 radical (unpaired) electrons. The number of unbranched alkanes of at least 4 members (excludes halogenated alkanes) is 17. The quantitative estimate of drug-likeness (QED) is 0.0280. The number of esters is 1. The number of aliphatic hydroxyl groups is 4. The highest BCUT2D eigenvalue weighted by atomic mass is 16.7. The minimum Gasteiger partial charge on any atom is -0.457 e. The van der Waals surface area contributed by atoms with Crippen LogP contribution in [0.2, 0.25) is 0 Å². The van der Waals surface area contributed by atoms with Crippen molar-refractivity contribution >= 4 is 5.97 Å². The zero-order chi connectivity index (χ0) is 39.3. The van der Waals surface area contributed by atoms with Gasteiger partial charge in [0.2, 0.25) is 0 Å². The summed E-state index contributed by atoms with van der Waals surface area (Å²) in [5.41, 5.74) is 0. The van der Waals surface area contributed by atoms with Gasteiger partial charge in [-0.15, -0.1) is 0 Å². The van der Waals surface area contributed by atoms with Crippen LogP contribution in [0.15, 0.2) is 48.6 Å². The van der Waals surface area contributed by atoms with Gasteiger partial charge in [-0.3, -0.25) is 4.79 Å². The van der Waals surface area contributed by atoms with E-state index in [0.717, 1.165) is 77.0 Å². The molecule has 54 heavy (non-hydrogen) atoms. The number of hydrogen-bond acceptors (Lipinski definition) is 9. The summed E-state index contributed by atoms with van der Waals surface area (Å²) in [6, 6.07) is 0. The van der Waals surface area contributed by atoms with Gasteiger partial charge in [0, 0.05) is 13.0 Å². The summed E-state index contributed by atoms with van der Waals surface area (Å²) < 4.78 is 22.8. The molecule has 1 aliphatic rings. The molecule has 6 unspecified atom stereocenters. The smallest absolute Gasteiger partial charge is 0.306 e. The molecule has 6 atom stereocenters. The number of ether oxygens (including phenoxy) is 4. The van der Waals surface area contributed by atoms with Crippen molar-refractivity contribution < 1.29 is 44.2 Å². The minimum atomic E-state index is -1.54. The van der Waals surface area contributed by atoms with Crippen molar-refractivity contribution in [1.82, 2.24) is 0 Å². The van der Waals surface area contributed by atoms with Gasteiger partial charge in [0.1, 0.15) is 30.5 Å². The number of hydrogen-bond donors (Lipinski definition) is 4. The van der Waals surface area contributed by atoms with E-state index < -0.39 is 43.4 Å². The lowest BCUT2D eigenvalue weighted by atomic mass is 9.99. The SMILES string of the molecule is CC/C=C\C/C=C\C/C=C\CCCCCCCCOCC(COC1OC(CO)C(O)C(O)C1O)OC(=O)CCCCCCC/C=C\CCCCCCCC. The fourth-order valence-electron chi connectivity index (χ4n) is 6.32. The highest BCUT2D eigenvalue weighted by Gasteiger charge is 2.44. The molecule has 0 aliphatic carbocycles. The third-order valence-electron chi connectivity index (χ3n) is 9.73. The molecular formula is C45H80O9. The van der Waals surface area contributed by atoms with E-state index in [1.165, 1.54) is 70.6 Å². The van der Waals surface area contributed by atoms with Gasteiger partial charge in [-0.1, -0.05) is 140 Å². The van der Waals surface area contributed by atoms with E-state index in [4.69, 9.17) is 18.9 Å². The van der Waals surface area contributed by atoms with Crippen molar-refractivity contribution in [3.8, 4) is 0 Å². The first-order valence-electron chi connectivity index (χ1n) is 21.7. The molecule has 1 saturated heterocycles. The van der Waals surface area contributed by atoms with Gasteiger partial charge in [-0.2, -0.15) is 0 Å². The molecule has 0 bridgehead atoms. The van der Waals surface area contributed by atoms with Crippen LogP contribution in [0.25, 0.3) is 0 Å². The monoisotopic (exact) mass is 765 g/mol. The molecule has 314 valence electrons. The lowest BCUT2D eigenvalue weighted by molar-refractivity contribution is -0.305. The lowest BCUT2D eigenvalue weighted by Crippen LogP contribution is -2.59. The van der Waals surface area contributed by atoms with E-state index in [1.807, 2.05) is 0 Å². The van der Waals surface area contributed by atoms with Gasteiger partial charge >= 0.3 is 5.97 Å². The van der Waals surface area contributed by atoms with Crippen molar-refractivity contribution in [2.24, 2.45) is 0 Å². The standard InChI is InChI=1S/C45H80O9/c1-3-5-7-9-11-13-15-17-19-21-23-25-27-29-31-33-35-51-37-39(38-52-45-44(50)43(49)42(48)40(36-46)54-45)53-41(47)34-32-30-28-26-24-22-20-18-16-14-12-10-8-6-4-2/h5,7,11,13,17-20,39-40,42-46,48-50H,3-4,6,8-10,12,14-16,21-38H2,1-2H3/b7-5-,13-11-,19-17-,20-18-. The molecule has 9 heteroatoms. The second-order valence-electron chi connectivity index (χ2n) is 14.8. The van der Waals surface area contributed by atoms with Gasteiger partial charge in [-0.05, 0) is 70.6 Å². The van der Waals surface area contributed by atoms with Crippen LogP contribution in [0.1, 0.15) is 168 Å². The molecule has 1 rings (SSSR count). The molecular weight excluding hydrogens is 684 g/mol. The summed E-state index contributed by atoms with van der Waals surface area (Å²) >= 11 is 0. The van der Waals surface area contributed by atoms with E-state index in [-0.39, 0.29) is 19.2 Å². The van der Waals surface area contributed by atoms with Crippen LogP contribution in [0.4, 0.5) is 0 Å². The summed E-state index contributed by atoms with van der Waals surface area (Å²) in [5.74, 6) is -0.329. The highest BCUT2D eigenvalue weighted by molar-refractivity contribution is 5.69. The lowest BCUT2D eigenvalue weighted by Gasteiger charge is -2.39. The first kappa shape index (κ1) is 50.2. The Morgan fingerprint density at radius 3 is 1.72 bits per heavy atom. The van der Waals surface area contributed by atoms with E-state index in [0.29, 0.717) is 13.0 Å². The Bertz CT molecular complexity index is 963. The van der Waals surface area contributed by atoms with Gasteiger partial charge in [0.25, 0.3) is 0 Å². The van der Waals surface area contributed by atoms with Crippen LogP contribution >= 0.6 is 0 Å². The third kappa shape index (κ3) is 27.7. The summed E-state index contributed by atoms with van der Waals surface area (Å²) in [4.78, 5) is 12.7. The highest BCUT2D eigenvalue weighted by Crippen LogP contribution is 2.22. The molecule has 9 nitrogen and oxygen atoms in total. The summed E-state index contributed by atoms with van der Waals surface area (Å²) in [6.07, 6.45) is 37.0. The van der Waals surface area contributed by atoms with E-state index in [2.05, 4.69) is 62.5 Å². The predicted octanol–water partition coefficient (Wildman–Crippen LogP) is 9.36. The maximum atomic E-state index is 12.7. The van der Waals surface area contributed by atoms with Gasteiger partial charge in [0.05, 0.1) is 19.8 Å². The molecule has 1 heterocycles. The van der Waals surface area contributed by atoms with Crippen molar-refractivity contribution in [2.45, 2.75) is 205 Å². The summed E-state index contributed by atoms with van der Waals surface area (Å²) in [7, 11) is 0. The maximum absolute atomic E-state index is 12.7. The van der Waals surface area contributed by atoms with Crippen LogP contribution in [0, 0.1) is 0 Å². The number of rotatable bonds is 36. The van der Waals surface area contributed by atoms with E-state index in [1.54, 1.807) is 0 Å². The Morgan fingerprint density at radius 2 is 1.13 bits per heavy atom. The largest absolute Gasteiger partial charge is 0.457 e. The fraction of sp³-hybridized carbons (Fsp3) is 0.800. The number of aliphatic hydroxyl groups excluding tert-OH is 4. The third-order valence-corrected chi connectivity index (χ3v) is 9.73. The zero-order valence-corrected chi connectivity index (χ0v) is 34.2. The first-order chi connectivity index (χ1) is 26.4. The Labute approximate surface area is 329 Å². The molecule has 0 aromatic heterocycles. The van der Waals surface area contributed by atoms with Crippen molar-refractivity contribution in [2.75, 3.05) is 26.4 Å². The minimum absolute atomic E-state index is 0.123. The molecule has 0 saturated carbocycles. The maximum Gasteiger partial charge on any atom is 0.306 e. The topological polar surface area (TPSA) is 135 Å². The van der Waals surface area contributed by atoms with Crippen LogP contribution in [-0.2, 0) is 23.7 Å². The van der Waals surface area contributed by atoms with Crippen LogP contribution in [-0.4, -0.2) is 89.6 Å². The Hall–Kier alpha value is -1.85. The summed E-state index contributed by atoms with van der Waals surface area (Å²) in [5, 5.41) is 40.1. The molecule has 1 fully saturated rings. The van der Waals surface area contributed by atoms with Crippen LogP contribution in [0.3, 0.4) is 0 Å². The fourth-order valence-corrected chi connectivity index (χ4v) is 6.32. The van der Waals surface area contributed by atoms with E-state index in [9.17, 15) is 25.2 Å². The molecule has 0 amide bonds. The molecule has 0 aromatic rings. The van der Waals surface area contributed by atoms with Crippen LogP contribution < -0.4 is 0 Å². The second kappa shape index (κ2) is 36.8. The predicted molar refractivity (Wildman–Crippen MR) is 219 cm³/mol. The van der Waals surface area contributed by atoms with Gasteiger partial charge < -0.3 is 39.4 Å². The van der Waals surface area contributed by atoms with Crippen molar-refractivity contribution in [3.05, 3.63) is 48.6 Å². The van der Waals surface area contributed by atoms with Crippen LogP contribution in [0.5, 0.6) is 0 Å². The van der Waals surface area contributed by atoms with Crippen molar-refractivity contribution in [1.29, 1.82) is 0 Å². The van der Waals surface area contributed by atoms with E-state index >= 15 is 0 Å². The van der Waals surface area contributed by atoms with Gasteiger partial charge in [0.15, 0.2) is 6.29 Å². The normalized spacial score (nSPS) is 21.3. The Kier molecular flexibility index (Phi) is 34.2. The van der Waals surface area contributed by atoms with Crippen molar-refractivity contribution in [3.63, 3.8) is 0 Å². The Balaban J connectivity index is 2.30. The van der Waals surface area contributed by atoms with Gasteiger partial charge in [-0.25, -0.2) is 0 Å². The number of carbonyl (C=O) groups excluding carboxylic acids is 1. The number of carbonyl (C=O) groups is 1. The zero-order valence-electron chi connectivity index (χ0n) is 34.2. The Morgan fingerprint density at radius 1 is 0.611 bits per heavy atom.